The number of hydrogen-bond donors (Lipinski definition) is 1. The van der Waals surface area contributed by atoms with Crippen LogP contribution in [0.15, 0.2) is 30.3 Å². The van der Waals surface area contributed by atoms with Crippen molar-refractivity contribution in [2.45, 2.75) is 31.6 Å². The summed E-state index contributed by atoms with van der Waals surface area (Å²) in [4.78, 5) is 3.01. The average molecular weight is 338 g/mol. The number of thioether (sulfide) groups is 1. The van der Waals surface area contributed by atoms with E-state index in [1.807, 2.05) is 35.2 Å². The predicted octanol–water partition coefficient (Wildman–Crippen LogP) is 5.28. The third-order valence-electron chi connectivity index (χ3n) is 3.71. The Kier molecular flexibility index (Phi) is 5.28. The largest absolute Gasteiger partial charge is 0.306 e. The molecule has 1 aliphatic heterocycles. The molecule has 0 fully saturated rings. The van der Waals surface area contributed by atoms with E-state index >= 15 is 0 Å². The van der Waals surface area contributed by atoms with Crippen LogP contribution in [0.3, 0.4) is 0 Å². The summed E-state index contributed by atoms with van der Waals surface area (Å²) in [5.74, 6) is 2.43. The van der Waals surface area contributed by atoms with Gasteiger partial charge >= 0.3 is 0 Å². The van der Waals surface area contributed by atoms with Gasteiger partial charge in [0.15, 0.2) is 0 Å². The van der Waals surface area contributed by atoms with Crippen molar-refractivity contribution in [1.82, 2.24) is 5.32 Å². The average Bonchev–Trinajstić information content (AvgIpc) is 2.91. The van der Waals surface area contributed by atoms with Crippen molar-refractivity contribution < 1.29 is 0 Å². The molecule has 112 valence electrons. The quantitative estimate of drug-likeness (QED) is 0.796. The molecular formula is C17H20ClNS2. The fraction of sp³-hybridized carbons (Fsp3) is 0.412. The SMILES string of the molecule is CCCNC(c1cccc(Cl)c1)c1cc2c(s1)CCSC2. The van der Waals surface area contributed by atoms with Crippen LogP contribution in [0, 0.1) is 0 Å². The molecule has 1 unspecified atom stereocenters. The fourth-order valence-electron chi connectivity index (χ4n) is 2.67. The lowest BCUT2D eigenvalue weighted by Gasteiger charge is -2.18. The van der Waals surface area contributed by atoms with Crippen molar-refractivity contribution in [3.8, 4) is 0 Å². The molecular weight excluding hydrogens is 318 g/mol. The lowest BCUT2D eigenvalue weighted by atomic mass is 10.0. The van der Waals surface area contributed by atoms with E-state index in [2.05, 4.69) is 30.4 Å². The first-order valence-electron chi connectivity index (χ1n) is 7.46. The highest BCUT2D eigenvalue weighted by molar-refractivity contribution is 7.98. The number of nitrogens with one attached hydrogen (secondary N) is 1. The maximum atomic E-state index is 6.18. The second kappa shape index (κ2) is 7.19. The molecule has 0 spiro atoms. The van der Waals surface area contributed by atoms with Gasteiger partial charge in [-0.3, -0.25) is 0 Å². The molecule has 2 aromatic rings. The first-order chi connectivity index (χ1) is 10.3. The van der Waals surface area contributed by atoms with Crippen molar-refractivity contribution in [2.24, 2.45) is 0 Å². The highest BCUT2D eigenvalue weighted by atomic mass is 35.5. The molecule has 1 N–H and O–H groups in total. The van der Waals surface area contributed by atoms with E-state index in [1.165, 1.54) is 33.9 Å². The number of rotatable bonds is 5. The molecule has 3 rings (SSSR count). The van der Waals surface area contributed by atoms with Crippen LogP contribution in [0.25, 0.3) is 0 Å². The lowest BCUT2D eigenvalue weighted by Crippen LogP contribution is -2.22. The summed E-state index contributed by atoms with van der Waals surface area (Å²) in [6.45, 7) is 3.23. The van der Waals surface area contributed by atoms with Gasteiger partial charge in [-0.15, -0.1) is 11.3 Å². The maximum absolute atomic E-state index is 6.18. The summed E-state index contributed by atoms with van der Waals surface area (Å²) < 4.78 is 0. The molecule has 1 nitrogen and oxygen atoms in total. The molecule has 0 saturated heterocycles. The van der Waals surface area contributed by atoms with Crippen LogP contribution >= 0.6 is 34.7 Å². The summed E-state index contributed by atoms with van der Waals surface area (Å²) in [6, 6.07) is 10.9. The second-order valence-electron chi connectivity index (χ2n) is 5.34. The van der Waals surface area contributed by atoms with E-state index < -0.39 is 0 Å². The monoisotopic (exact) mass is 337 g/mol. The molecule has 0 radical (unpaired) electrons. The van der Waals surface area contributed by atoms with Gasteiger partial charge in [0, 0.05) is 20.5 Å². The number of aryl methyl sites for hydroxylation is 1. The fourth-order valence-corrected chi connectivity index (χ4v) is 5.35. The Bertz CT molecular complexity index is 585. The summed E-state index contributed by atoms with van der Waals surface area (Å²) in [5.41, 5.74) is 2.80. The van der Waals surface area contributed by atoms with Gasteiger partial charge in [-0.2, -0.15) is 11.8 Å². The Hall–Kier alpha value is -0.480. The van der Waals surface area contributed by atoms with E-state index in [1.54, 1.807) is 4.88 Å². The van der Waals surface area contributed by atoms with Crippen LogP contribution in [0.2, 0.25) is 5.02 Å². The van der Waals surface area contributed by atoms with Crippen molar-refractivity contribution >= 4 is 34.7 Å². The number of benzene rings is 1. The minimum Gasteiger partial charge on any atom is -0.306 e. The van der Waals surface area contributed by atoms with E-state index in [-0.39, 0.29) is 6.04 Å². The standard InChI is InChI=1S/C17H20ClNS2/c1-2-7-19-17(12-4-3-5-14(18)9-12)16-10-13-11-20-8-6-15(13)21-16/h3-5,9-10,17,19H,2,6-8,11H2,1H3. The number of fused-ring (bicyclic) bond motifs is 1. The van der Waals surface area contributed by atoms with Crippen LogP contribution in [0.4, 0.5) is 0 Å². The summed E-state index contributed by atoms with van der Waals surface area (Å²) in [5, 5.41) is 4.50. The first-order valence-corrected chi connectivity index (χ1v) is 9.81. The number of hydrogen-bond acceptors (Lipinski definition) is 3. The molecule has 0 bridgehead atoms. The van der Waals surface area contributed by atoms with Crippen LogP contribution in [0.5, 0.6) is 0 Å². The molecule has 0 saturated carbocycles. The number of thiophene rings is 1. The molecule has 2 heterocycles. The topological polar surface area (TPSA) is 12.0 Å². The highest BCUT2D eigenvalue weighted by Crippen LogP contribution is 2.36. The Morgan fingerprint density at radius 3 is 3.00 bits per heavy atom. The van der Waals surface area contributed by atoms with Crippen LogP contribution in [-0.2, 0) is 12.2 Å². The van der Waals surface area contributed by atoms with Crippen molar-refractivity contribution in [1.29, 1.82) is 0 Å². The third kappa shape index (κ3) is 3.65. The molecule has 1 atom stereocenters. The van der Waals surface area contributed by atoms with Gasteiger partial charge in [-0.25, -0.2) is 0 Å². The maximum Gasteiger partial charge on any atom is 0.0671 e. The van der Waals surface area contributed by atoms with Gasteiger partial charge in [0.2, 0.25) is 0 Å². The normalized spacial score (nSPS) is 15.7. The Labute approximate surface area is 140 Å². The molecule has 1 aromatic heterocycles. The van der Waals surface area contributed by atoms with E-state index in [4.69, 9.17) is 11.6 Å². The smallest absolute Gasteiger partial charge is 0.0671 e. The minimum absolute atomic E-state index is 0.268. The zero-order valence-corrected chi connectivity index (χ0v) is 14.6. The van der Waals surface area contributed by atoms with Crippen LogP contribution < -0.4 is 5.32 Å². The summed E-state index contributed by atoms with van der Waals surface area (Å²) >= 11 is 10.2. The zero-order chi connectivity index (χ0) is 14.7. The second-order valence-corrected chi connectivity index (χ2v) is 8.05. The van der Waals surface area contributed by atoms with Gasteiger partial charge in [-0.1, -0.05) is 30.7 Å². The van der Waals surface area contributed by atoms with Crippen LogP contribution in [-0.4, -0.2) is 12.3 Å². The van der Waals surface area contributed by atoms with Gasteiger partial charge < -0.3 is 5.32 Å². The first kappa shape index (κ1) is 15.4. The molecule has 0 aliphatic carbocycles. The molecule has 1 aromatic carbocycles. The predicted molar refractivity (Wildman–Crippen MR) is 95.8 cm³/mol. The van der Waals surface area contributed by atoms with Crippen molar-refractivity contribution in [3.63, 3.8) is 0 Å². The Morgan fingerprint density at radius 2 is 2.24 bits per heavy atom. The van der Waals surface area contributed by atoms with Gasteiger partial charge in [0.05, 0.1) is 6.04 Å². The van der Waals surface area contributed by atoms with Gasteiger partial charge in [-0.05, 0) is 54.5 Å². The van der Waals surface area contributed by atoms with E-state index in [9.17, 15) is 0 Å². The third-order valence-corrected chi connectivity index (χ3v) is 6.26. The minimum atomic E-state index is 0.268. The number of halogens is 1. The van der Waals surface area contributed by atoms with Gasteiger partial charge in [0.25, 0.3) is 0 Å². The highest BCUT2D eigenvalue weighted by Gasteiger charge is 2.20. The molecule has 21 heavy (non-hydrogen) atoms. The Morgan fingerprint density at radius 1 is 1.33 bits per heavy atom. The molecule has 1 aliphatic rings. The lowest BCUT2D eigenvalue weighted by molar-refractivity contribution is 0.606. The molecule has 4 heteroatoms. The van der Waals surface area contributed by atoms with Crippen molar-refractivity contribution in [2.75, 3.05) is 12.3 Å². The Balaban J connectivity index is 1.93. The van der Waals surface area contributed by atoms with E-state index in [0.717, 1.165) is 18.0 Å². The van der Waals surface area contributed by atoms with E-state index in [0.29, 0.717) is 0 Å². The van der Waals surface area contributed by atoms with Gasteiger partial charge in [0.1, 0.15) is 0 Å². The molecule has 0 amide bonds. The summed E-state index contributed by atoms with van der Waals surface area (Å²) in [6.07, 6.45) is 2.36. The summed E-state index contributed by atoms with van der Waals surface area (Å²) in [7, 11) is 0. The van der Waals surface area contributed by atoms with Crippen LogP contribution in [0.1, 0.15) is 40.3 Å². The van der Waals surface area contributed by atoms with Crippen molar-refractivity contribution in [3.05, 3.63) is 56.2 Å². The zero-order valence-electron chi connectivity index (χ0n) is 12.2.